The fourth-order valence-electron chi connectivity index (χ4n) is 4.64. The second-order valence-electron chi connectivity index (χ2n) is 12.4. The van der Waals surface area contributed by atoms with E-state index in [1.165, 1.54) is 36.0 Å². The molecule has 2 heterocycles. The van der Waals surface area contributed by atoms with Gasteiger partial charge in [0.15, 0.2) is 6.23 Å². The zero-order valence-electron chi connectivity index (χ0n) is 22.0. The molecule has 5 nitrogen and oxygen atoms in total. The summed E-state index contributed by atoms with van der Waals surface area (Å²) < 4.78 is 11.9. The first-order valence-corrected chi connectivity index (χ1v) is 13.1. The van der Waals surface area contributed by atoms with E-state index in [0.29, 0.717) is 17.9 Å². The van der Waals surface area contributed by atoms with Crippen LogP contribution in [-0.4, -0.2) is 22.5 Å². The van der Waals surface area contributed by atoms with Crippen molar-refractivity contribution < 1.29 is 9.15 Å². The Kier molecular flexibility index (Phi) is 6.25. The number of anilines is 1. The number of hydrogen-bond donors (Lipinski definition) is 1. The van der Waals surface area contributed by atoms with E-state index in [1.807, 2.05) is 0 Å². The molecule has 1 aliphatic heterocycles. The summed E-state index contributed by atoms with van der Waals surface area (Å²) in [6.45, 7) is 13.4. The van der Waals surface area contributed by atoms with Crippen LogP contribution in [0.25, 0.3) is 11.5 Å². The van der Waals surface area contributed by atoms with Gasteiger partial charge in [0.25, 0.3) is 0 Å². The van der Waals surface area contributed by atoms with Crippen LogP contribution in [0, 0.1) is 5.92 Å². The van der Waals surface area contributed by atoms with Gasteiger partial charge in [-0.15, -0.1) is 10.2 Å². The third-order valence-corrected chi connectivity index (χ3v) is 7.41. The predicted molar refractivity (Wildman–Crippen MR) is 141 cm³/mol. The Bertz CT molecular complexity index is 1130. The summed E-state index contributed by atoms with van der Waals surface area (Å²) >= 11 is 0. The highest BCUT2D eigenvalue weighted by Crippen LogP contribution is 2.41. The van der Waals surface area contributed by atoms with Crippen LogP contribution in [0.1, 0.15) is 83.4 Å². The van der Waals surface area contributed by atoms with Crippen LogP contribution >= 0.6 is 0 Å². The number of ether oxygens (including phenoxy) is 1. The van der Waals surface area contributed by atoms with Crippen LogP contribution < -0.4 is 5.32 Å². The molecule has 0 radical (unpaired) electrons. The first kappa shape index (κ1) is 24.1. The molecule has 1 aromatic heterocycles. The molecule has 1 aliphatic carbocycles. The topological polar surface area (TPSA) is 63.5 Å². The molecule has 186 valence electrons. The Hall–Kier alpha value is -2.66. The fourth-order valence-corrected chi connectivity index (χ4v) is 4.64. The maximum atomic E-state index is 6.11. The monoisotopic (exact) mass is 473 g/mol. The third-order valence-electron chi connectivity index (χ3n) is 7.41. The van der Waals surface area contributed by atoms with Gasteiger partial charge in [-0.3, -0.25) is 0 Å². The van der Waals surface area contributed by atoms with Crippen LogP contribution in [-0.2, 0) is 28.4 Å². The van der Waals surface area contributed by atoms with Gasteiger partial charge in [-0.25, -0.2) is 0 Å². The highest BCUT2D eigenvalue weighted by atomic mass is 16.6. The minimum Gasteiger partial charge on any atom is -0.421 e. The fraction of sp³-hybridized carbons (Fsp3) is 0.533. The molecular weight excluding hydrogens is 434 g/mol. The Morgan fingerprint density at radius 3 is 2.09 bits per heavy atom. The quantitative estimate of drug-likeness (QED) is 0.372. The van der Waals surface area contributed by atoms with Crippen LogP contribution in [0.15, 0.2) is 46.9 Å². The summed E-state index contributed by atoms with van der Waals surface area (Å²) in [5, 5.41) is 12.2. The molecule has 0 spiro atoms. The minimum absolute atomic E-state index is 0.0453. The van der Waals surface area contributed by atoms with Gasteiger partial charge < -0.3 is 14.5 Å². The summed E-state index contributed by atoms with van der Waals surface area (Å²) in [4.78, 5) is 0. The zero-order chi connectivity index (χ0) is 24.8. The van der Waals surface area contributed by atoms with Gasteiger partial charge in [0.05, 0.1) is 0 Å². The Balaban J connectivity index is 1.22. The second-order valence-corrected chi connectivity index (χ2v) is 12.4. The average molecular weight is 474 g/mol. The molecule has 35 heavy (non-hydrogen) atoms. The van der Waals surface area contributed by atoms with Gasteiger partial charge in [0.1, 0.15) is 6.10 Å². The molecule has 2 aromatic carbocycles. The zero-order valence-corrected chi connectivity index (χ0v) is 22.0. The van der Waals surface area contributed by atoms with E-state index in [0.717, 1.165) is 30.0 Å². The largest absolute Gasteiger partial charge is 0.421 e. The number of benzene rings is 2. The maximum Gasteiger partial charge on any atom is 0.247 e. The van der Waals surface area contributed by atoms with E-state index in [9.17, 15) is 0 Å². The van der Waals surface area contributed by atoms with Crippen molar-refractivity contribution in [2.24, 2.45) is 5.92 Å². The summed E-state index contributed by atoms with van der Waals surface area (Å²) in [5.41, 5.74) is 6.03. The van der Waals surface area contributed by atoms with Crippen LogP contribution in [0.2, 0.25) is 0 Å². The van der Waals surface area contributed by atoms with E-state index in [4.69, 9.17) is 9.15 Å². The standard InChI is InChI=1S/C30H39N3O2/c1-29(2,3)22-16-21(17-23(18-22)30(4,5)6)27-33-32-25(34-27)15-12-19-10-13-24(14-11-19)31-28-26(35-28)20-8-7-9-20/h10-11,13-14,16-18,20,26,28,31H,7-9,12,15H2,1-6H3. The van der Waals surface area contributed by atoms with Crippen LogP contribution in [0.3, 0.4) is 0 Å². The molecule has 5 rings (SSSR count). The minimum atomic E-state index is 0.0453. The van der Waals surface area contributed by atoms with E-state index in [1.54, 1.807) is 0 Å². The first-order chi connectivity index (χ1) is 16.6. The number of rotatable bonds is 7. The van der Waals surface area contributed by atoms with Crippen molar-refractivity contribution in [2.75, 3.05) is 5.32 Å². The van der Waals surface area contributed by atoms with Gasteiger partial charge in [0, 0.05) is 17.7 Å². The van der Waals surface area contributed by atoms with Gasteiger partial charge >= 0.3 is 0 Å². The number of aromatic nitrogens is 2. The smallest absolute Gasteiger partial charge is 0.247 e. The molecule has 5 heteroatoms. The van der Waals surface area contributed by atoms with Crippen molar-refractivity contribution in [1.82, 2.24) is 10.2 Å². The van der Waals surface area contributed by atoms with Crippen molar-refractivity contribution >= 4 is 5.69 Å². The highest BCUT2D eigenvalue weighted by Gasteiger charge is 2.46. The first-order valence-electron chi connectivity index (χ1n) is 13.1. The SMILES string of the molecule is CC(C)(C)c1cc(-c2nnc(CCc3ccc(NC4OC4C4CCC4)cc3)o2)cc(C(C)(C)C)c1. The summed E-state index contributed by atoms with van der Waals surface area (Å²) in [7, 11) is 0. The maximum absolute atomic E-state index is 6.11. The molecule has 1 saturated heterocycles. The highest BCUT2D eigenvalue weighted by molar-refractivity contribution is 5.58. The second kappa shape index (κ2) is 9.09. The molecule has 2 atom stereocenters. The molecular formula is C30H39N3O2. The van der Waals surface area contributed by atoms with Gasteiger partial charge in [-0.05, 0) is 77.0 Å². The van der Waals surface area contributed by atoms with E-state index in [-0.39, 0.29) is 17.1 Å². The number of epoxide rings is 1. The van der Waals surface area contributed by atoms with Crippen molar-refractivity contribution in [3.8, 4) is 11.5 Å². The summed E-state index contributed by atoms with van der Waals surface area (Å²) in [5.74, 6) is 2.04. The van der Waals surface area contributed by atoms with Crippen molar-refractivity contribution in [3.05, 3.63) is 65.0 Å². The lowest BCUT2D eigenvalue weighted by Crippen LogP contribution is -2.21. The van der Waals surface area contributed by atoms with Gasteiger partial charge in [0.2, 0.25) is 11.8 Å². The lowest BCUT2D eigenvalue weighted by atomic mass is 9.79. The molecule has 3 aromatic rings. The van der Waals surface area contributed by atoms with Gasteiger partial charge in [-0.1, -0.05) is 66.2 Å². The Morgan fingerprint density at radius 2 is 1.51 bits per heavy atom. The molecule has 1 saturated carbocycles. The number of nitrogens with one attached hydrogen (secondary N) is 1. The normalized spacial score (nSPS) is 20.5. The van der Waals surface area contributed by atoms with Gasteiger partial charge in [-0.2, -0.15) is 0 Å². The molecule has 2 unspecified atom stereocenters. The lowest BCUT2D eigenvalue weighted by Gasteiger charge is -2.25. The predicted octanol–water partition coefficient (Wildman–Crippen LogP) is 7.05. The van der Waals surface area contributed by atoms with Crippen LogP contribution in [0.5, 0.6) is 0 Å². The summed E-state index contributed by atoms with van der Waals surface area (Å²) in [6.07, 6.45) is 6.19. The third kappa shape index (κ3) is 5.61. The number of aryl methyl sites for hydroxylation is 2. The molecule has 2 fully saturated rings. The average Bonchev–Trinajstić information content (AvgIpc) is 3.31. The lowest BCUT2D eigenvalue weighted by molar-refractivity contribution is 0.231. The number of hydrogen-bond acceptors (Lipinski definition) is 5. The van der Waals surface area contributed by atoms with Crippen LogP contribution in [0.4, 0.5) is 5.69 Å². The molecule has 2 aliphatic rings. The van der Waals surface area contributed by atoms with Crippen molar-refractivity contribution in [3.63, 3.8) is 0 Å². The Morgan fingerprint density at radius 1 is 0.857 bits per heavy atom. The molecule has 1 N–H and O–H groups in total. The Labute approximate surface area is 209 Å². The van der Waals surface area contributed by atoms with Crippen molar-refractivity contribution in [2.45, 2.75) is 96.8 Å². The van der Waals surface area contributed by atoms with E-state index < -0.39 is 0 Å². The number of nitrogens with zero attached hydrogens (tertiary/aromatic N) is 2. The van der Waals surface area contributed by atoms with E-state index >= 15 is 0 Å². The molecule has 0 bridgehead atoms. The van der Waals surface area contributed by atoms with Crippen molar-refractivity contribution in [1.29, 1.82) is 0 Å². The summed E-state index contributed by atoms with van der Waals surface area (Å²) in [6, 6.07) is 15.3. The van der Waals surface area contributed by atoms with E-state index in [2.05, 4.69) is 99.5 Å². The molecule has 0 amide bonds.